The molecule has 0 atom stereocenters. The minimum atomic E-state index is -0.0683. The van der Waals surface area contributed by atoms with Crippen LogP contribution in [-0.2, 0) is 0 Å². The van der Waals surface area contributed by atoms with Crippen molar-refractivity contribution in [2.45, 2.75) is 53.9 Å². The minimum Gasteiger partial charge on any atom is -0.369 e. The first kappa shape index (κ1) is 20.0. The molecule has 3 heteroatoms. The summed E-state index contributed by atoms with van der Waals surface area (Å²) in [5.74, 6) is 0.742. The lowest BCUT2D eigenvalue weighted by molar-refractivity contribution is 0.141. The molecule has 1 aromatic carbocycles. The molecule has 0 amide bonds. The molecule has 2 nitrogen and oxygen atoms in total. The van der Waals surface area contributed by atoms with E-state index in [2.05, 4.69) is 9.80 Å². The van der Waals surface area contributed by atoms with Crippen molar-refractivity contribution in [3.05, 3.63) is 29.6 Å². The zero-order chi connectivity index (χ0) is 17.2. The fourth-order valence-electron chi connectivity index (χ4n) is 3.15. The molecule has 2 aliphatic heterocycles. The third-order valence-corrected chi connectivity index (χ3v) is 4.52. The fraction of sp³-hybridized carbons (Fsp3) is 0.700. The van der Waals surface area contributed by atoms with Crippen LogP contribution in [0.15, 0.2) is 18.2 Å². The van der Waals surface area contributed by atoms with Crippen molar-refractivity contribution >= 4 is 5.69 Å². The second-order valence-corrected chi connectivity index (χ2v) is 6.04. The topological polar surface area (TPSA) is 6.48 Å². The van der Waals surface area contributed by atoms with Gasteiger partial charge in [-0.3, -0.25) is 0 Å². The lowest BCUT2D eigenvalue weighted by atomic mass is 9.94. The Morgan fingerprint density at radius 2 is 1.61 bits per heavy atom. The molecule has 0 bridgehead atoms. The van der Waals surface area contributed by atoms with E-state index in [1.165, 1.54) is 38.9 Å². The van der Waals surface area contributed by atoms with E-state index < -0.39 is 0 Å². The van der Waals surface area contributed by atoms with Gasteiger partial charge in [0.15, 0.2) is 0 Å². The van der Waals surface area contributed by atoms with Crippen LogP contribution < -0.4 is 4.90 Å². The van der Waals surface area contributed by atoms with Crippen molar-refractivity contribution in [1.82, 2.24) is 4.90 Å². The lowest BCUT2D eigenvalue weighted by Gasteiger charge is -2.39. The number of halogens is 1. The normalized spacial score (nSPS) is 18.3. The molecule has 2 aliphatic rings. The molecule has 132 valence electrons. The second kappa shape index (κ2) is 10.6. The average molecular weight is 323 g/mol. The third-order valence-electron chi connectivity index (χ3n) is 4.52. The number of hydrogen-bond donors (Lipinski definition) is 0. The van der Waals surface area contributed by atoms with Gasteiger partial charge in [0.05, 0.1) is 5.69 Å². The number of aryl methyl sites for hydroxylation is 1. The first-order valence-corrected chi connectivity index (χ1v) is 9.46. The van der Waals surface area contributed by atoms with E-state index in [1.54, 1.807) is 6.07 Å². The van der Waals surface area contributed by atoms with E-state index in [1.807, 2.05) is 46.8 Å². The van der Waals surface area contributed by atoms with Gasteiger partial charge in [0.1, 0.15) is 5.82 Å². The van der Waals surface area contributed by atoms with E-state index in [4.69, 9.17) is 0 Å². The van der Waals surface area contributed by atoms with Crippen LogP contribution in [0.5, 0.6) is 0 Å². The van der Waals surface area contributed by atoms with Crippen LogP contribution in [0.3, 0.4) is 0 Å². The van der Waals surface area contributed by atoms with Crippen molar-refractivity contribution in [1.29, 1.82) is 0 Å². The van der Waals surface area contributed by atoms with Gasteiger partial charge in [-0.2, -0.15) is 0 Å². The standard InChI is InChI=1S/C16H23FN2.2C2H6/c1-13-3-4-16(15(17)11-13)19-9-5-14(6-10-19)12-18-7-2-8-18;2*1-2/h3-4,11,14H,2,5-10,12H2,1H3;2*1-2H3. The summed E-state index contributed by atoms with van der Waals surface area (Å²) in [6, 6.07) is 5.58. The largest absolute Gasteiger partial charge is 0.369 e. The maximum absolute atomic E-state index is 14.0. The number of piperidine rings is 1. The summed E-state index contributed by atoms with van der Waals surface area (Å²) in [4.78, 5) is 4.76. The minimum absolute atomic E-state index is 0.0683. The van der Waals surface area contributed by atoms with Crippen molar-refractivity contribution in [3.8, 4) is 0 Å². The summed E-state index contributed by atoms with van der Waals surface area (Å²) >= 11 is 0. The summed E-state index contributed by atoms with van der Waals surface area (Å²) in [6.45, 7) is 15.8. The van der Waals surface area contributed by atoms with Gasteiger partial charge < -0.3 is 9.80 Å². The van der Waals surface area contributed by atoms with Gasteiger partial charge in [-0.15, -0.1) is 0 Å². The molecular formula is C20H35FN2. The van der Waals surface area contributed by atoms with Crippen molar-refractivity contribution in [2.24, 2.45) is 5.92 Å². The van der Waals surface area contributed by atoms with E-state index in [0.717, 1.165) is 30.3 Å². The predicted molar refractivity (Wildman–Crippen MR) is 99.8 cm³/mol. The van der Waals surface area contributed by atoms with Crippen LogP contribution in [-0.4, -0.2) is 37.6 Å². The first-order valence-electron chi connectivity index (χ1n) is 9.46. The molecule has 0 spiro atoms. The van der Waals surface area contributed by atoms with Crippen LogP contribution in [0.1, 0.15) is 52.5 Å². The Balaban J connectivity index is 0.000000615. The third kappa shape index (κ3) is 5.80. The Morgan fingerprint density at radius 1 is 1.00 bits per heavy atom. The van der Waals surface area contributed by atoms with Gasteiger partial charge in [-0.1, -0.05) is 33.8 Å². The van der Waals surface area contributed by atoms with Gasteiger partial charge in [0, 0.05) is 19.6 Å². The van der Waals surface area contributed by atoms with Crippen LogP contribution in [0, 0.1) is 18.7 Å². The molecular weight excluding hydrogens is 287 g/mol. The van der Waals surface area contributed by atoms with Gasteiger partial charge >= 0.3 is 0 Å². The van der Waals surface area contributed by atoms with E-state index in [-0.39, 0.29) is 5.82 Å². The molecule has 0 aromatic heterocycles. The summed E-state index contributed by atoms with van der Waals surface area (Å²) in [7, 11) is 0. The van der Waals surface area contributed by atoms with Crippen molar-refractivity contribution in [3.63, 3.8) is 0 Å². The molecule has 0 unspecified atom stereocenters. The van der Waals surface area contributed by atoms with Crippen LogP contribution >= 0.6 is 0 Å². The molecule has 23 heavy (non-hydrogen) atoms. The number of likely N-dealkylation sites (tertiary alicyclic amines) is 1. The fourth-order valence-corrected chi connectivity index (χ4v) is 3.15. The molecule has 3 rings (SSSR count). The highest BCUT2D eigenvalue weighted by atomic mass is 19.1. The quantitative estimate of drug-likeness (QED) is 0.763. The highest BCUT2D eigenvalue weighted by Gasteiger charge is 2.24. The summed E-state index contributed by atoms with van der Waals surface area (Å²) in [6.07, 6.45) is 3.76. The molecule has 0 radical (unpaired) electrons. The molecule has 2 fully saturated rings. The predicted octanol–water partition coefficient (Wildman–Crippen LogP) is 5.11. The maximum Gasteiger partial charge on any atom is 0.146 e. The van der Waals surface area contributed by atoms with Gasteiger partial charge in [0.25, 0.3) is 0 Å². The molecule has 1 aromatic rings. The molecule has 2 heterocycles. The van der Waals surface area contributed by atoms with Crippen molar-refractivity contribution in [2.75, 3.05) is 37.6 Å². The summed E-state index contributed by atoms with van der Waals surface area (Å²) in [5, 5.41) is 0. The Kier molecular flexibility index (Phi) is 9.23. The van der Waals surface area contributed by atoms with Crippen LogP contribution in [0.25, 0.3) is 0 Å². The van der Waals surface area contributed by atoms with E-state index in [9.17, 15) is 4.39 Å². The smallest absolute Gasteiger partial charge is 0.146 e. The van der Waals surface area contributed by atoms with E-state index in [0.29, 0.717) is 0 Å². The highest BCUT2D eigenvalue weighted by molar-refractivity contribution is 5.49. The number of rotatable bonds is 3. The van der Waals surface area contributed by atoms with Gasteiger partial charge in [-0.25, -0.2) is 4.39 Å². The highest BCUT2D eigenvalue weighted by Crippen LogP contribution is 2.27. The Labute approximate surface area is 142 Å². The Hall–Kier alpha value is -1.09. The zero-order valence-corrected chi connectivity index (χ0v) is 15.7. The molecule has 0 saturated carbocycles. The lowest BCUT2D eigenvalue weighted by Crippen LogP contribution is -2.44. The van der Waals surface area contributed by atoms with Crippen molar-refractivity contribution < 1.29 is 4.39 Å². The SMILES string of the molecule is CC.CC.Cc1ccc(N2CCC(CN3CCC3)CC2)c(F)c1. The number of benzene rings is 1. The van der Waals surface area contributed by atoms with Gasteiger partial charge in [0.2, 0.25) is 0 Å². The summed E-state index contributed by atoms with van der Waals surface area (Å²) < 4.78 is 14.0. The number of nitrogens with zero attached hydrogens (tertiary/aromatic N) is 2. The van der Waals surface area contributed by atoms with E-state index >= 15 is 0 Å². The Bertz CT molecular complexity index is 435. The monoisotopic (exact) mass is 322 g/mol. The van der Waals surface area contributed by atoms with Gasteiger partial charge in [-0.05, 0) is 62.9 Å². The number of hydrogen-bond acceptors (Lipinski definition) is 2. The number of anilines is 1. The van der Waals surface area contributed by atoms with Crippen LogP contribution in [0.2, 0.25) is 0 Å². The van der Waals surface area contributed by atoms with Crippen LogP contribution in [0.4, 0.5) is 10.1 Å². The Morgan fingerprint density at radius 3 is 2.09 bits per heavy atom. The maximum atomic E-state index is 14.0. The average Bonchev–Trinajstić information content (AvgIpc) is 2.56. The molecule has 0 aliphatic carbocycles. The zero-order valence-electron chi connectivity index (χ0n) is 15.7. The molecule has 0 N–H and O–H groups in total. The first-order chi connectivity index (χ1) is 11.2. The summed E-state index contributed by atoms with van der Waals surface area (Å²) in [5.41, 5.74) is 1.78. The second-order valence-electron chi connectivity index (χ2n) is 6.04. The molecule has 2 saturated heterocycles.